The number of hydrogen-bond donors (Lipinski definition) is 1. The average molecular weight is 570 g/mol. The van der Waals surface area contributed by atoms with Crippen LogP contribution < -0.4 is 5.32 Å². The summed E-state index contributed by atoms with van der Waals surface area (Å²) >= 11 is 0. The number of allylic oxidation sites excluding steroid dienone is 6. The lowest BCUT2D eigenvalue weighted by Gasteiger charge is -2.22. The largest absolute Gasteiger partial charge is 0.381 e. The lowest BCUT2D eigenvalue weighted by Crippen LogP contribution is -2.14. The zero-order chi connectivity index (χ0) is 30.3. The summed E-state index contributed by atoms with van der Waals surface area (Å²) in [6, 6.07) is 35.3. The van der Waals surface area contributed by atoms with Gasteiger partial charge in [0, 0.05) is 5.92 Å². The van der Waals surface area contributed by atoms with Gasteiger partial charge in [-0.15, -0.1) is 6.58 Å². The smallest absolute Gasteiger partial charge is 0.0695 e. The molecule has 0 spiro atoms. The molecule has 1 nitrogen and oxygen atoms in total. The van der Waals surface area contributed by atoms with E-state index in [1.54, 1.807) is 0 Å². The van der Waals surface area contributed by atoms with Crippen molar-refractivity contribution in [2.45, 2.75) is 31.7 Å². The maximum atomic E-state index is 4.17. The van der Waals surface area contributed by atoms with Crippen molar-refractivity contribution < 1.29 is 0 Å². The van der Waals surface area contributed by atoms with Crippen LogP contribution in [0, 0.1) is 0 Å². The van der Waals surface area contributed by atoms with Gasteiger partial charge in [0.25, 0.3) is 0 Å². The molecule has 1 heterocycles. The number of rotatable bonds is 10. The highest BCUT2D eigenvalue weighted by molar-refractivity contribution is 6.06. The molecule has 2 atom stereocenters. The van der Waals surface area contributed by atoms with E-state index in [-0.39, 0.29) is 12.0 Å². The van der Waals surface area contributed by atoms with E-state index in [4.69, 9.17) is 0 Å². The van der Waals surface area contributed by atoms with E-state index in [2.05, 4.69) is 159 Å². The molecule has 216 valence electrons. The Bertz CT molecular complexity index is 1890. The fourth-order valence-corrected chi connectivity index (χ4v) is 6.50. The molecule has 0 radical (unpaired) electrons. The van der Waals surface area contributed by atoms with Gasteiger partial charge >= 0.3 is 0 Å². The molecule has 0 saturated heterocycles. The molecule has 44 heavy (non-hydrogen) atoms. The minimum Gasteiger partial charge on any atom is -0.381 e. The van der Waals surface area contributed by atoms with Crippen LogP contribution in [0.5, 0.6) is 0 Å². The molecule has 0 saturated carbocycles. The molecule has 5 aromatic carbocycles. The van der Waals surface area contributed by atoms with E-state index in [0.29, 0.717) is 0 Å². The molecule has 5 aromatic rings. The molecule has 1 aliphatic rings. The fraction of sp³-hybridized carbons (Fsp3) is 0.116. The van der Waals surface area contributed by atoms with Gasteiger partial charge in [-0.1, -0.05) is 140 Å². The van der Waals surface area contributed by atoms with Crippen LogP contribution in [0.15, 0.2) is 153 Å². The highest BCUT2D eigenvalue weighted by Gasteiger charge is 2.19. The van der Waals surface area contributed by atoms with Crippen molar-refractivity contribution >= 4 is 39.3 Å². The number of hydrogen-bond acceptors (Lipinski definition) is 1. The van der Waals surface area contributed by atoms with Gasteiger partial charge in [-0.2, -0.15) is 0 Å². The Kier molecular flexibility index (Phi) is 8.85. The third-order valence-electron chi connectivity index (χ3n) is 8.65. The van der Waals surface area contributed by atoms with Crippen molar-refractivity contribution in [2.24, 2.45) is 0 Å². The van der Waals surface area contributed by atoms with Gasteiger partial charge < -0.3 is 5.32 Å². The predicted molar refractivity (Wildman–Crippen MR) is 193 cm³/mol. The van der Waals surface area contributed by atoms with E-state index in [9.17, 15) is 0 Å². The van der Waals surface area contributed by atoms with Crippen LogP contribution in [0.1, 0.15) is 58.7 Å². The van der Waals surface area contributed by atoms with E-state index in [1.807, 2.05) is 18.4 Å². The van der Waals surface area contributed by atoms with Gasteiger partial charge in [-0.25, -0.2) is 0 Å². The van der Waals surface area contributed by atoms with Crippen molar-refractivity contribution in [1.82, 2.24) is 5.32 Å². The molecule has 0 aliphatic carbocycles. The summed E-state index contributed by atoms with van der Waals surface area (Å²) < 4.78 is 0. The van der Waals surface area contributed by atoms with Crippen LogP contribution in [0.3, 0.4) is 0 Å². The molecule has 1 aliphatic heterocycles. The first-order chi connectivity index (χ1) is 21.7. The quantitative estimate of drug-likeness (QED) is 0.130. The van der Waals surface area contributed by atoms with Crippen LogP contribution >= 0.6 is 0 Å². The van der Waals surface area contributed by atoms with Crippen molar-refractivity contribution in [3.63, 3.8) is 0 Å². The summed E-state index contributed by atoms with van der Waals surface area (Å²) in [5.41, 5.74) is 8.86. The summed E-state index contributed by atoms with van der Waals surface area (Å²) in [7, 11) is 0. The summed E-state index contributed by atoms with van der Waals surface area (Å²) in [6.07, 6.45) is 21.0. The Hall–Kier alpha value is -5.14. The van der Waals surface area contributed by atoms with Gasteiger partial charge in [0.1, 0.15) is 0 Å². The first-order valence-electron chi connectivity index (χ1n) is 15.5. The second-order valence-corrected chi connectivity index (χ2v) is 11.4. The van der Waals surface area contributed by atoms with Crippen LogP contribution in [-0.2, 0) is 6.42 Å². The summed E-state index contributed by atoms with van der Waals surface area (Å²) in [6.45, 7) is 10.4. The summed E-state index contributed by atoms with van der Waals surface area (Å²) in [4.78, 5) is 0. The summed E-state index contributed by atoms with van der Waals surface area (Å²) in [5, 5.41) is 8.71. The molecular formula is C43H39N. The van der Waals surface area contributed by atoms with Gasteiger partial charge in [-0.05, 0) is 98.6 Å². The second kappa shape index (κ2) is 13.4. The average Bonchev–Trinajstić information content (AvgIpc) is 3.08. The van der Waals surface area contributed by atoms with Crippen LogP contribution in [0.25, 0.3) is 39.3 Å². The minimum atomic E-state index is 0.186. The molecule has 0 amide bonds. The van der Waals surface area contributed by atoms with Crippen LogP contribution in [0.2, 0.25) is 0 Å². The molecule has 0 bridgehead atoms. The summed E-state index contributed by atoms with van der Waals surface area (Å²) in [5.74, 6) is 0.186. The highest BCUT2D eigenvalue weighted by atomic mass is 14.9. The molecule has 1 N–H and O–H groups in total. The normalized spacial score (nSPS) is 15.5. The number of benzene rings is 5. The third-order valence-corrected chi connectivity index (χ3v) is 8.65. The maximum Gasteiger partial charge on any atom is 0.0695 e. The Balaban J connectivity index is 1.44. The Morgan fingerprint density at radius 3 is 2.14 bits per heavy atom. The second-order valence-electron chi connectivity index (χ2n) is 11.4. The third kappa shape index (κ3) is 6.00. The Morgan fingerprint density at radius 1 is 0.795 bits per heavy atom. The highest BCUT2D eigenvalue weighted by Crippen LogP contribution is 2.40. The monoisotopic (exact) mass is 569 g/mol. The topological polar surface area (TPSA) is 12.0 Å². The molecule has 0 fully saturated rings. The van der Waals surface area contributed by atoms with Crippen molar-refractivity contribution in [2.75, 3.05) is 0 Å². The predicted octanol–water partition coefficient (Wildman–Crippen LogP) is 11.4. The molecule has 6 rings (SSSR count). The molecule has 0 aromatic heterocycles. The molecular weight excluding hydrogens is 530 g/mol. The molecule has 1 heteroatoms. The van der Waals surface area contributed by atoms with E-state index >= 15 is 0 Å². The van der Waals surface area contributed by atoms with Gasteiger partial charge in [0.05, 0.1) is 6.04 Å². The SMILES string of the molecule is C=CCC(/C=C(\C)c1cccc([C@@H]2C=CC=CN2)c1)c1c2ccccc2c(C/C=C\c2ccccc2C=C)c2ccccc12. The van der Waals surface area contributed by atoms with E-state index in [1.165, 1.54) is 54.9 Å². The van der Waals surface area contributed by atoms with Gasteiger partial charge in [0.15, 0.2) is 0 Å². The minimum absolute atomic E-state index is 0.186. The van der Waals surface area contributed by atoms with Gasteiger partial charge in [0.2, 0.25) is 0 Å². The van der Waals surface area contributed by atoms with Crippen molar-refractivity contribution in [3.05, 3.63) is 186 Å². The Labute approximate surface area is 262 Å². The lowest BCUT2D eigenvalue weighted by molar-refractivity contribution is 0.746. The first-order valence-corrected chi connectivity index (χ1v) is 15.5. The van der Waals surface area contributed by atoms with Gasteiger partial charge in [-0.3, -0.25) is 0 Å². The zero-order valence-electron chi connectivity index (χ0n) is 25.4. The fourth-order valence-electron chi connectivity index (χ4n) is 6.50. The maximum absolute atomic E-state index is 4.17. The van der Waals surface area contributed by atoms with Crippen LogP contribution in [-0.4, -0.2) is 0 Å². The van der Waals surface area contributed by atoms with Crippen LogP contribution in [0.4, 0.5) is 0 Å². The van der Waals surface area contributed by atoms with E-state index < -0.39 is 0 Å². The molecule has 1 unspecified atom stereocenters. The lowest BCUT2D eigenvalue weighted by atomic mass is 9.82. The number of fused-ring (bicyclic) bond motifs is 2. The number of dihydropyridines is 1. The zero-order valence-corrected chi connectivity index (χ0v) is 25.4. The van der Waals surface area contributed by atoms with E-state index in [0.717, 1.165) is 18.4 Å². The first kappa shape index (κ1) is 29.0. The van der Waals surface area contributed by atoms with Crippen molar-refractivity contribution in [1.29, 1.82) is 0 Å². The standard InChI is InChI=1S/C43H39N/c1-4-16-36(29-31(3)34-20-14-21-35(30-34)42-27-12-13-28-44-42)43-40-24-10-8-22-38(40)37(39-23-9-11-25-41(39)43)26-15-19-33-18-7-6-17-32(33)5-2/h4-15,17-25,27-30,36,42,44H,1-2,16,26H2,3H3/b19-15-,31-29+/t36?,42-/m0/s1. The number of nitrogens with one attached hydrogen (secondary N) is 1. The Morgan fingerprint density at radius 2 is 1.48 bits per heavy atom. The van der Waals surface area contributed by atoms with Crippen molar-refractivity contribution in [3.8, 4) is 0 Å².